The molecule has 2 heterocycles. The summed E-state index contributed by atoms with van der Waals surface area (Å²) in [6.07, 6.45) is 0. The Morgan fingerprint density at radius 2 is 1.79 bits per heavy atom. The monoisotopic (exact) mass is 451 g/mol. The molecule has 1 aromatic heterocycles. The van der Waals surface area contributed by atoms with Crippen LogP contribution in [0.5, 0.6) is 5.75 Å². The molecule has 7 nitrogen and oxygen atoms in total. The molecular weight excluding hydrogens is 426 g/mol. The summed E-state index contributed by atoms with van der Waals surface area (Å²) in [4.78, 5) is 17.2. The predicted octanol–water partition coefficient (Wildman–Crippen LogP) is 4.61. The van der Waals surface area contributed by atoms with E-state index in [2.05, 4.69) is 5.32 Å². The van der Waals surface area contributed by atoms with E-state index in [4.69, 9.17) is 20.6 Å². The van der Waals surface area contributed by atoms with E-state index in [1.807, 2.05) is 92.7 Å². The molecule has 1 aliphatic rings. The van der Waals surface area contributed by atoms with Crippen LogP contribution >= 0.6 is 0 Å². The van der Waals surface area contributed by atoms with Gasteiger partial charge >= 0.3 is 0 Å². The van der Waals surface area contributed by atoms with Crippen LogP contribution in [0, 0.1) is 6.92 Å². The number of nitrogens with zero attached hydrogens (tertiary/aromatic N) is 3. The normalized spacial score (nSPS) is 14.9. The summed E-state index contributed by atoms with van der Waals surface area (Å²) < 4.78 is 7.76. The van der Waals surface area contributed by atoms with Crippen LogP contribution in [0.2, 0.25) is 0 Å². The number of aryl methyl sites for hydroxylation is 1. The van der Waals surface area contributed by atoms with E-state index in [0.717, 1.165) is 22.3 Å². The van der Waals surface area contributed by atoms with Crippen LogP contribution in [0.25, 0.3) is 11.4 Å². The van der Waals surface area contributed by atoms with E-state index in [9.17, 15) is 4.79 Å². The first-order valence-corrected chi connectivity index (χ1v) is 11.1. The average molecular weight is 452 g/mol. The minimum absolute atomic E-state index is 0.439. The Hall–Kier alpha value is -4.39. The highest BCUT2D eigenvalue weighted by molar-refractivity contribution is 5.95. The molecule has 1 aliphatic heterocycles. The van der Waals surface area contributed by atoms with Crippen molar-refractivity contribution >= 4 is 11.9 Å². The second-order valence-corrected chi connectivity index (χ2v) is 8.30. The summed E-state index contributed by atoms with van der Waals surface area (Å²) in [7, 11) is 0. The van der Waals surface area contributed by atoms with Crippen LogP contribution < -0.4 is 15.8 Å². The number of ether oxygens (including phenoxy) is 1. The van der Waals surface area contributed by atoms with E-state index in [1.165, 1.54) is 0 Å². The van der Waals surface area contributed by atoms with Crippen molar-refractivity contribution in [1.29, 1.82) is 0 Å². The van der Waals surface area contributed by atoms with Crippen LogP contribution in [0.1, 0.15) is 29.7 Å². The van der Waals surface area contributed by atoms with E-state index in [0.29, 0.717) is 35.4 Å². The Morgan fingerprint density at radius 3 is 2.56 bits per heavy atom. The number of allylic oxidation sites excluding steroid dienone is 1. The van der Waals surface area contributed by atoms with Gasteiger partial charge in [-0.1, -0.05) is 66.7 Å². The number of aromatic nitrogens is 3. The first-order valence-electron chi connectivity index (χ1n) is 11.1. The molecule has 0 saturated heterocycles. The Labute approximate surface area is 197 Å². The number of carbonyl (C=O) groups excluding carboxylic acids is 1. The molecule has 170 valence electrons. The minimum atomic E-state index is -0.528. The van der Waals surface area contributed by atoms with Crippen molar-refractivity contribution in [3.05, 3.63) is 107 Å². The van der Waals surface area contributed by atoms with Crippen LogP contribution in [0.4, 0.5) is 5.95 Å². The molecule has 0 fully saturated rings. The van der Waals surface area contributed by atoms with E-state index < -0.39 is 11.9 Å². The van der Waals surface area contributed by atoms with E-state index in [1.54, 1.807) is 4.68 Å². The molecule has 34 heavy (non-hydrogen) atoms. The van der Waals surface area contributed by atoms with Crippen molar-refractivity contribution < 1.29 is 9.53 Å². The average Bonchev–Trinajstić information content (AvgIpc) is 3.26. The second-order valence-electron chi connectivity index (χ2n) is 8.30. The maximum Gasteiger partial charge on any atom is 0.248 e. The Balaban J connectivity index is 1.55. The van der Waals surface area contributed by atoms with E-state index >= 15 is 0 Å². The molecule has 3 N–H and O–H groups in total. The van der Waals surface area contributed by atoms with Gasteiger partial charge in [-0.05, 0) is 42.7 Å². The Morgan fingerprint density at radius 1 is 1.03 bits per heavy atom. The van der Waals surface area contributed by atoms with Gasteiger partial charge in [-0.2, -0.15) is 4.98 Å². The first-order chi connectivity index (χ1) is 16.5. The van der Waals surface area contributed by atoms with Gasteiger partial charge in [-0.25, -0.2) is 4.68 Å². The number of primary amides is 1. The summed E-state index contributed by atoms with van der Waals surface area (Å²) in [5.74, 6) is 1.33. The number of nitrogens with two attached hydrogens (primary N) is 1. The smallest absolute Gasteiger partial charge is 0.248 e. The largest absolute Gasteiger partial charge is 0.489 e. The molecule has 5 rings (SSSR count). The molecule has 1 amide bonds. The van der Waals surface area contributed by atoms with Gasteiger partial charge in [0.15, 0.2) is 5.82 Å². The number of carbonyl (C=O) groups is 1. The van der Waals surface area contributed by atoms with Gasteiger partial charge < -0.3 is 15.8 Å². The van der Waals surface area contributed by atoms with Crippen LogP contribution in [0.3, 0.4) is 0 Å². The van der Waals surface area contributed by atoms with Crippen molar-refractivity contribution in [1.82, 2.24) is 14.8 Å². The topological polar surface area (TPSA) is 95.1 Å². The number of rotatable bonds is 6. The number of anilines is 1. The van der Waals surface area contributed by atoms with Gasteiger partial charge in [0, 0.05) is 11.3 Å². The fraction of sp³-hybridized carbons (Fsp3) is 0.148. The van der Waals surface area contributed by atoms with Gasteiger partial charge in [0.2, 0.25) is 11.9 Å². The van der Waals surface area contributed by atoms with Gasteiger partial charge in [-0.3, -0.25) is 4.79 Å². The number of benzene rings is 3. The number of hydrogen-bond acceptors (Lipinski definition) is 5. The second kappa shape index (κ2) is 8.86. The fourth-order valence-corrected chi connectivity index (χ4v) is 4.23. The van der Waals surface area contributed by atoms with Gasteiger partial charge in [0.25, 0.3) is 0 Å². The predicted molar refractivity (Wildman–Crippen MR) is 131 cm³/mol. The Bertz CT molecular complexity index is 1390. The summed E-state index contributed by atoms with van der Waals surface area (Å²) >= 11 is 0. The third kappa shape index (κ3) is 4.03. The quantitative estimate of drug-likeness (QED) is 0.447. The lowest BCUT2D eigenvalue weighted by Crippen LogP contribution is -2.31. The van der Waals surface area contributed by atoms with Crippen LogP contribution in [0.15, 0.2) is 90.1 Å². The minimum Gasteiger partial charge on any atom is -0.489 e. The number of nitrogens with one attached hydrogen (secondary N) is 1. The van der Waals surface area contributed by atoms with Crippen molar-refractivity contribution in [2.75, 3.05) is 5.32 Å². The molecule has 3 aromatic carbocycles. The molecule has 0 aliphatic carbocycles. The van der Waals surface area contributed by atoms with Gasteiger partial charge in [-0.15, -0.1) is 5.10 Å². The maximum atomic E-state index is 12.5. The highest BCUT2D eigenvalue weighted by Crippen LogP contribution is 2.37. The lowest BCUT2D eigenvalue weighted by Gasteiger charge is -2.27. The molecule has 0 bridgehead atoms. The molecule has 0 saturated carbocycles. The lowest BCUT2D eigenvalue weighted by molar-refractivity contribution is -0.115. The molecule has 1 unspecified atom stereocenters. The number of hydrogen-bond donors (Lipinski definition) is 2. The third-order valence-electron chi connectivity index (χ3n) is 5.93. The maximum absolute atomic E-state index is 12.5. The van der Waals surface area contributed by atoms with Crippen LogP contribution in [-0.4, -0.2) is 20.7 Å². The zero-order valence-electron chi connectivity index (χ0n) is 19.0. The summed E-state index contributed by atoms with van der Waals surface area (Å²) in [5.41, 5.74) is 10.8. The lowest BCUT2D eigenvalue weighted by atomic mass is 9.95. The molecule has 1 atom stereocenters. The number of fused-ring (bicyclic) bond motifs is 1. The van der Waals surface area contributed by atoms with Gasteiger partial charge in [0.1, 0.15) is 18.4 Å². The third-order valence-corrected chi connectivity index (χ3v) is 5.93. The van der Waals surface area contributed by atoms with Crippen molar-refractivity contribution in [3.63, 3.8) is 0 Å². The first kappa shape index (κ1) is 21.5. The molecule has 4 aromatic rings. The standard InChI is InChI=1S/C27H25N5O2/c1-17-9-6-7-14-22(17)26-30-27-29-18(2)23(25(28)33)24(32(27)31-26)20-12-8-13-21(15-20)34-16-19-10-4-3-5-11-19/h3-15,24H,16H2,1-2H3,(H2,28,33)(H,29,30,31). The van der Waals surface area contributed by atoms with E-state index in [-0.39, 0.29) is 0 Å². The molecular formula is C27H25N5O2. The SMILES string of the molecule is CC1=C(C(N)=O)C(c2cccc(OCc3ccccc3)c2)n2nc(-c3ccccc3C)nc2N1. The molecule has 0 spiro atoms. The molecule has 0 radical (unpaired) electrons. The number of amides is 1. The van der Waals surface area contributed by atoms with Crippen LogP contribution in [-0.2, 0) is 11.4 Å². The highest BCUT2D eigenvalue weighted by atomic mass is 16.5. The zero-order chi connectivity index (χ0) is 23.7. The highest BCUT2D eigenvalue weighted by Gasteiger charge is 2.33. The van der Waals surface area contributed by atoms with Crippen molar-refractivity contribution in [3.8, 4) is 17.1 Å². The molecule has 7 heteroatoms. The fourth-order valence-electron chi connectivity index (χ4n) is 4.23. The van der Waals surface area contributed by atoms with Crippen molar-refractivity contribution in [2.45, 2.75) is 26.5 Å². The summed E-state index contributed by atoms with van der Waals surface area (Å²) in [6.45, 7) is 4.29. The zero-order valence-corrected chi connectivity index (χ0v) is 19.0. The Kier molecular flexibility index (Phi) is 5.59. The summed E-state index contributed by atoms with van der Waals surface area (Å²) in [5, 5.41) is 7.99. The van der Waals surface area contributed by atoms with Crippen molar-refractivity contribution in [2.24, 2.45) is 5.73 Å². The van der Waals surface area contributed by atoms with Gasteiger partial charge in [0.05, 0.1) is 5.57 Å². The summed E-state index contributed by atoms with van der Waals surface area (Å²) in [6, 6.07) is 25.1.